The molecule has 1 fully saturated rings. The molecule has 6 heteroatoms. The summed E-state index contributed by atoms with van der Waals surface area (Å²) in [6.07, 6.45) is 5.52. The minimum absolute atomic E-state index is 0.0469. The number of carbonyl (C=O) groups is 2. The first kappa shape index (κ1) is 20.9. The van der Waals surface area contributed by atoms with Crippen LogP contribution in [0.4, 0.5) is 5.69 Å². The van der Waals surface area contributed by atoms with Crippen LogP contribution in [-0.2, 0) is 16.0 Å². The molecular weight excluding hydrogens is 380 g/mol. The molecule has 0 bridgehead atoms. The van der Waals surface area contributed by atoms with Gasteiger partial charge in [0.1, 0.15) is 12.2 Å². The van der Waals surface area contributed by atoms with E-state index in [2.05, 4.69) is 18.6 Å². The van der Waals surface area contributed by atoms with Crippen molar-refractivity contribution in [3.05, 3.63) is 84.5 Å². The summed E-state index contributed by atoms with van der Waals surface area (Å²) >= 11 is 0. The van der Waals surface area contributed by atoms with E-state index < -0.39 is 11.8 Å². The SMILES string of the molecule is C=CCOc1c(CC=C)cc(C=C2C(=O)NN(c3ccccc3)C2=O)cc1OCC. The fraction of sp³-hybridized carbons (Fsp3) is 0.167. The molecule has 1 aliphatic heterocycles. The van der Waals surface area contributed by atoms with Gasteiger partial charge in [0.15, 0.2) is 11.5 Å². The lowest BCUT2D eigenvalue weighted by Gasteiger charge is -2.16. The largest absolute Gasteiger partial charge is 0.490 e. The molecule has 30 heavy (non-hydrogen) atoms. The molecule has 6 nitrogen and oxygen atoms in total. The topological polar surface area (TPSA) is 67.9 Å². The monoisotopic (exact) mass is 404 g/mol. The number of hydrogen-bond acceptors (Lipinski definition) is 4. The van der Waals surface area contributed by atoms with Crippen molar-refractivity contribution in [2.24, 2.45) is 0 Å². The Kier molecular flexibility index (Phi) is 6.70. The summed E-state index contributed by atoms with van der Waals surface area (Å²) in [7, 11) is 0. The van der Waals surface area contributed by atoms with Gasteiger partial charge in [-0.3, -0.25) is 15.0 Å². The number of amides is 2. The first-order valence-electron chi connectivity index (χ1n) is 9.65. The third kappa shape index (κ3) is 4.43. The number of nitrogens with zero attached hydrogens (tertiary/aromatic N) is 1. The standard InChI is InChI=1S/C24H24N2O4/c1-4-10-18-14-17(16-21(29-6-3)22(18)30-13-5-2)15-20-23(27)25-26(24(20)28)19-11-8-7-9-12-19/h4-5,7-9,11-12,14-16H,1-2,6,10,13H2,3H3,(H,25,27). The molecule has 1 aliphatic rings. The molecular formula is C24H24N2O4. The van der Waals surface area contributed by atoms with Gasteiger partial charge in [-0.2, -0.15) is 0 Å². The highest BCUT2D eigenvalue weighted by Gasteiger charge is 2.34. The molecule has 1 saturated heterocycles. The van der Waals surface area contributed by atoms with Gasteiger partial charge in [-0.25, -0.2) is 5.01 Å². The summed E-state index contributed by atoms with van der Waals surface area (Å²) < 4.78 is 11.6. The van der Waals surface area contributed by atoms with Crippen molar-refractivity contribution in [1.82, 2.24) is 5.43 Å². The Labute approximate surface area is 176 Å². The maximum absolute atomic E-state index is 12.8. The van der Waals surface area contributed by atoms with Crippen molar-refractivity contribution in [3.8, 4) is 11.5 Å². The number of para-hydroxylation sites is 1. The highest BCUT2D eigenvalue weighted by atomic mass is 16.5. The Balaban J connectivity index is 2.01. The Morgan fingerprint density at radius 3 is 2.50 bits per heavy atom. The van der Waals surface area contributed by atoms with E-state index in [0.29, 0.717) is 42.4 Å². The normalized spacial score (nSPS) is 14.6. The average molecular weight is 404 g/mol. The van der Waals surface area contributed by atoms with Crippen LogP contribution in [0, 0.1) is 0 Å². The summed E-state index contributed by atoms with van der Waals surface area (Å²) in [6.45, 7) is 10.1. The van der Waals surface area contributed by atoms with Gasteiger partial charge in [0.2, 0.25) is 0 Å². The number of nitrogens with one attached hydrogen (secondary N) is 1. The first-order valence-corrected chi connectivity index (χ1v) is 9.65. The van der Waals surface area contributed by atoms with Crippen LogP contribution in [0.25, 0.3) is 6.08 Å². The summed E-state index contributed by atoms with van der Waals surface area (Å²) in [5.41, 5.74) is 4.75. The number of carbonyl (C=O) groups excluding carboxylic acids is 2. The predicted molar refractivity (Wildman–Crippen MR) is 117 cm³/mol. The van der Waals surface area contributed by atoms with E-state index in [0.717, 1.165) is 5.56 Å². The van der Waals surface area contributed by atoms with Gasteiger partial charge < -0.3 is 9.47 Å². The van der Waals surface area contributed by atoms with Crippen LogP contribution in [0.15, 0.2) is 73.3 Å². The second-order valence-electron chi connectivity index (χ2n) is 6.51. The highest BCUT2D eigenvalue weighted by molar-refractivity contribution is 6.31. The van der Waals surface area contributed by atoms with Crippen LogP contribution in [0.3, 0.4) is 0 Å². The second-order valence-corrected chi connectivity index (χ2v) is 6.51. The van der Waals surface area contributed by atoms with Crippen LogP contribution in [0.1, 0.15) is 18.1 Å². The Morgan fingerprint density at radius 2 is 1.83 bits per heavy atom. The van der Waals surface area contributed by atoms with E-state index in [1.807, 2.05) is 19.1 Å². The molecule has 0 aromatic heterocycles. The Bertz CT molecular complexity index is 996. The Morgan fingerprint density at radius 1 is 1.07 bits per heavy atom. The number of rotatable bonds is 9. The third-order valence-corrected chi connectivity index (χ3v) is 4.38. The molecule has 2 aromatic rings. The zero-order valence-electron chi connectivity index (χ0n) is 16.9. The van der Waals surface area contributed by atoms with E-state index in [-0.39, 0.29) is 5.57 Å². The van der Waals surface area contributed by atoms with E-state index >= 15 is 0 Å². The van der Waals surface area contributed by atoms with E-state index in [1.165, 1.54) is 5.01 Å². The van der Waals surface area contributed by atoms with Crippen LogP contribution < -0.4 is 19.9 Å². The molecule has 3 rings (SSSR count). The van der Waals surface area contributed by atoms with Crippen LogP contribution in [0.2, 0.25) is 0 Å². The van der Waals surface area contributed by atoms with Crippen molar-refractivity contribution < 1.29 is 19.1 Å². The molecule has 0 saturated carbocycles. The molecule has 2 amide bonds. The second kappa shape index (κ2) is 9.60. The minimum atomic E-state index is -0.459. The van der Waals surface area contributed by atoms with Gasteiger partial charge in [-0.15, -0.1) is 6.58 Å². The van der Waals surface area contributed by atoms with Gasteiger partial charge in [-0.05, 0) is 49.2 Å². The molecule has 1 heterocycles. The fourth-order valence-electron chi connectivity index (χ4n) is 3.13. The summed E-state index contributed by atoms with van der Waals surface area (Å²) in [4.78, 5) is 25.3. The zero-order valence-corrected chi connectivity index (χ0v) is 16.9. The van der Waals surface area contributed by atoms with Crippen molar-refractivity contribution in [3.63, 3.8) is 0 Å². The number of ether oxygens (including phenoxy) is 2. The van der Waals surface area contributed by atoms with E-state index in [1.54, 1.807) is 48.6 Å². The molecule has 0 radical (unpaired) electrons. The molecule has 0 atom stereocenters. The van der Waals surface area contributed by atoms with Crippen molar-refractivity contribution in [1.29, 1.82) is 0 Å². The van der Waals surface area contributed by atoms with Crippen LogP contribution >= 0.6 is 0 Å². The number of hydrogen-bond donors (Lipinski definition) is 1. The number of allylic oxidation sites excluding steroid dienone is 1. The maximum Gasteiger partial charge on any atom is 0.282 e. The minimum Gasteiger partial charge on any atom is -0.490 e. The molecule has 0 aliphatic carbocycles. The van der Waals surface area contributed by atoms with Crippen LogP contribution in [0.5, 0.6) is 11.5 Å². The van der Waals surface area contributed by atoms with Gasteiger partial charge in [0.05, 0.1) is 12.3 Å². The molecule has 2 aromatic carbocycles. The number of benzene rings is 2. The van der Waals surface area contributed by atoms with Gasteiger partial charge >= 0.3 is 0 Å². The first-order chi connectivity index (χ1) is 14.6. The zero-order chi connectivity index (χ0) is 21.5. The molecule has 154 valence electrons. The summed E-state index contributed by atoms with van der Waals surface area (Å²) in [5.74, 6) is 0.267. The van der Waals surface area contributed by atoms with Gasteiger partial charge in [0.25, 0.3) is 11.8 Å². The van der Waals surface area contributed by atoms with Crippen molar-refractivity contribution in [2.75, 3.05) is 18.2 Å². The van der Waals surface area contributed by atoms with Crippen molar-refractivity contribution >= 4 is 23.6 Å². The average Bonchev–Trinajstić information content (AvgIpc) is 3.02. The predicted octanol–water partition coefficient (Wildman–Crippen LogP) is 3.84. The van der Waals surface area contributed by atoms with Gasteiger partial charge in [-0.1, -0.05) is 36.9 Å². The number of hydrazine groups is 1. The number of anilines is 1. The highest BCUT2D eigenvalue weighted by Crippen LogP contribution is 2.35. The third-order valence-electron chi connectivity index (χ3n) is 4.38. The van der Waals surface area contributed by atoms with Crippen LogP contribution in [-0.4, -0.2) is 25.0 Å². The lowest BCUT2D eigenvalue weighted by atomic mass is 10.0. The van der Waals surface area contributed by atoms with E-state index in [9.17, 15) is 9.59 Å². The van der Waals surface area contributed by atoms with Gasteiger partial charge in [0, 0.05) is 5.56 Å². The quantitative estimate of drug-likeness (QED) is 0.392. The Hall–Kier alpha value is -3.80. The lowest BCUT2D eigenvalue weighted by Crippen LogP contribution is -2.35. The fourth-order valence-corrected chi connectivity index (χ4v) is 3.13. The molecule has 1 N–H and O–H groups in total. The maximum atomic E-state index is 12.8. The smallest absolute Gasteiger partial charge is 0.282 e. The lowest BCUT2D eigenvalue weighted by molar-refractivity contribution is -0.117. The van der Waals surface area contributed by atoms with E-state index in [4.69, 9.17) is 9.47 Å². The summed E-state index contributed by atoms with van der Waals surface area (Å²) in [5, 5.41) is 1.24. The molecule has 0 spiro atoms. The van der Waals surface area contributed by atoms with Crippen molar-refractivity contribution in [2.45, 2.75) is 13.3 Å². The summed E-state index contributed by atoms with van der Waals surface area (Å²) in [6, 6.07) is 12.6. The molecule has 0 unspecified atom stereocenters.